The molecule has 0 N–H and O–H groups in total. The van der Waals surface area contributed by atoms with Gasteiger partial charge in [0.25, 0.3) is 0 Å². The van der Waals surface area contributed by atoms with Crippen LogP contribution < -0.4 is 9.47 Å². The molecule has 1 aromatic heterocycles. The van der Waals surface area contributed by atoms with Crippen LogP contribution in [0.4, 0.5) is 0 Å². The number of para-hydroxylation sites is 1. The third kappa shape index (κ3) is 3.07. The molecule has 0 atom stereocenters. The summed E-state index contributed by atoms with van der Waals surface area (Å²) >= 11 is 0. The molecule has 1 fully saturated rings. The third-order valence-corrected chi connectivity index (χ3v) is 4.11. The minimum Gasteiger partial charge on any atom is -0.493 e. The summed E-state index contributed by atoms with van der Waals surface area (Å²) in [4.78, 5) is 7.09. The summed E-state index contributed by atoms with van der Waals surface area (Å²) in [5.41, 5.74) is 3.11. The number of nitrogens with zero attached hydrogens (tertiary/aromatic N) is 2. The minimum absolute atomic E-state index is 0.725. The van der Waals surface area contributed by atoms with Crippen molar-refractivity contribution in [2.75, 3.05) is 27.3 Å². The summed E-state index contributed by atoms with van der Waals surface area (Å²) < 4.78 is 10.8. The average Bonchev–Trinajstić information content (AvgIpc) is 3.07. The van der Waals surface area contributed by atoms with Gasteiger partial charge in [0.05, 0.1) is 19.9 Å². The number of hydrogen-bond donors (Lipinski definition) is 0. The van der Waals surface area contributed by atoms with Gasteiger partial charge in [-0.2, -0.15) is 0 Å². The molecule has 1 aromatic carbocycles. The van der Waals surface area contributed by atoms with E-state index in [1.54, 1.807) is 14.2 Å². The predicted octanol–water partition coefficient (Wildman–Crippen LogP) is 3.36. The highest BCUT2D eigenvalue weighted by Crippen LogP contribution is 2.36. The number of likely N-dealkylation sites (tertiary alicyclic amines) is 1. The van der Waals surface area contributed by atoms with Gasteiger partial charge in [0.15, 0.2) is 11.5 Å². The highest BCUT2D eigenvalue weighted by atomic mass is 16.5. The van der Waals surface area contributed by atoms with Crippen molar-refractivity contribution < 1.29 is 9.47 Å². The van der Waals surface area contributed by atoms with Crippen LogP contribution in [0.2, 0.25) is 0 Å². The molecule has 0 aliphatic carbocycles. The normalized spacial score (nSPS) is 15.0. The summed E-state index contributed by atoms with van der Waals surface area (Å²) in [7, 11) is 3.30. The standard InChI is InChI=1S/C18H22N2O2/c1-21-17-7-5-6-15(18(17)22-2)16-9-8-14(12-19-16)13-20-10-3-4-11-20/h5-9,12H,3-4,10-11,13H2,1-2H3. The lowest BCUT2D eigenvalue weighted by molar-refractivity contribution is 0.331. The highest BCUT2D eigenvalue weighted by molar-refractivity contribution is 5.71. The molecule has 1 saturated heterocycles. The van der Waals surface area contributed by atoms with Crippen molar-refractivity contribution in [3.05, 3.63) is 42.1 Å². The molecule has 2 heterocycles. The lowest BCUT2D eigenvalue weighted by Gasteiger charge is -2.15. The molecule has 22 heavy (non-hydrogen) atoms. The SMILES string of the molecule is COc1cccc(-c2ccc(CN3CCCC3)cn2)c1OC. The Morgan fingerprint density at radius 2 is 1.86 bits per heavy atom. The molecule has 0 amide bonds. The van der Waals surface area contributed by atoms with Crippen LogP contribution in [0, 0.1) is 0 Å². The molecule has 0 bridgehead atoms. The Balaban J connectivity index is 1.83. The first kappa shape index (κ1) is 14.9. The van der Waals surface area contributed by atoms with Crippen molar-refractivity contribution in [2.24, 2.45) is 0 Å². The van der Waals surface area contributed by atoms with Crippen LogP contribution in [0.1, 0.15) is 18.4 Å². The van der Waals surface area contributed by atoms with Crippen LogP contribution in [0.25, 0.3) is 11.3 Å². The predicted molar refractivity (Wildman–Crippen MR) is 87.3 cm³/mol. The van der Waals surface area contributed by atoms with Crippen LogP contribution >= 0.6 is 0 Å². The summed E-state index contributed by atoms with van der Waals surface area (Å²) in [5, 5.41) is 0. The lowest BCUT2D eigenvalue weighted by Crippen LogP contribution is -2.18. The highest BCUT2D eigenvalue weighted by Gasteiger charge is 2.14. The van der Waals surface area contributed by atoms with E-state index in [0.29, 0.717) is 0 Å². The maximum Gasteiger partial charge on any atom is 0.170 e. The number of benzene rings is 1. The zero-order chi connectivity index (χ0) is 15.4. The zero-order valence-corrected chi connectivity index (χ0v) is 13.2. The van der Waals surface area contributed by atoms with E-state index in [2.05, 4.69) is 22.0 Å². The Morgan fingerprint density at radius 1 is 1.05 bits per heavy atom. The lowest BCUT2D eigenvalue weighted by atomic mass is 10.1. The summed E-state index contributed by atoms with van der Waals surface area (Å²) in [6.07, 6.45) is 4.59. The molecule has 3 rings (SSSR count). The second kappa shape index (κ2) is 6.79. The van der Waals surface area contributed by atoms with Crippen LogP contribution in [-0.4, -0.2) is 37.2 Å². The van der Waals surface area contributed by atoms with Crippen molar-refractivity contribution in [1.29, 1.82) is 0 Å². The Bertz CT molecular complexity index is 619. The minimum atomic E-state index is 0.725. The van der Waals surface area contributed by atoms with E-state index >= 15 is 0 Å². The van der Waals surface area contributed by atoms with Gasteiger partial charge in [0, 0.05) is 18.3 Å². The number of rotatable bonds is 5. The third-order valence-electron chi connectivity index (χ3n) is 4.11. The molecule has 1 aliphatic heterocycles. The first-order valence-corrected chi connectivity index (χ1v) is 7.70. The van der Waals surface area contributed by atoms with Crippen LogP contribution in [0.15, 0.2) is 36.5 Å². The van der Waals surface area contributed by atoms with Gasteiger partial charge in [-0.15, -0.1) is 0 Å². The molecule has 0 saturated carbocycles. The largest absolute Gasteiger partial charge is 0.493 e. The van der Waals surface area contributed by atoms with E-state index in [4.69, 9.17) is 9.47 Å². The summed E-state index contributed by atoms with van der Waals surface area (Å²) in [6, 6.07) is 10.1. The van der Waals surface area contributed by atoms with E-state index in [9.17, 15) is 0 Å². The second-order valence-electron chi connectivity index (χ2n) is 5.58. The van der Waals surface area contributed by atoms with Crippen molar-refractivity contribution in [3.63, 3.8) is 0 Å². The molecule has 0 radical (unpaired) electrons. The van der Waals surface area contributed by atoms with Gasteiger partial charge in [0.1, 0.15) is 0 Å². The van der Waals surface area contributed by atoms with Gasteiger partial charge in [-0.05, 0) is 49.7 Å². The topological polar surface area (TPSA) is 34.6 Å². The molecule has 0 unspecified atom stereocenters. The van der Waals surface area contributed by atoms with E-state index in [1.807, 2.05) is 24.4 Å². The second-order valence-corrected chi connectivity index (χ2v) is 5.58. The fraction of sp³-hybridized carbons (Fsp3) is 0.389. The van der Waals surface area contributed by atoms with Gasteiger partial charge < -0.3 is 9.47 Å². The van der Waals surface area contributed by atoms with Crippen LogP contribution in [0.5, 0.6) is 11.5 Å². The quantitative estimate of drug-likeness (QED) is 0.848. The number of ether oxygens (including phenoxy) is 2. The smallest absolute Gasteiger partial charge is 0.170 e. The van der Waals surface area contributed by atoms with E-state index in [-0.39, 0.29) is 0 Å². The summed E-state index contributed by atoms with van der Waals surface area (Å²) in [5.74, 6) is 1.45. The first-order chi connectivity index (χ1) is 10.8. The molecule has 4 nitrogen and oxygen atoms in total. The van der Waals surface area contributed by atoms with Gasteiger partial charge >= 0.3 is 0 Å². The van der Waals surface area contributed by atoms with Crippen molar-refractivity contribution in [2.45, 2.75) is 19.4 Å². The number of hydrogen-bond acceptors (Lipinski definition) is 4. The molecule has 2 aromatic rings. The van der Waals surface area contributed by atoms with E-state index in [1.165, 1.54) is 31.5 Å². The fourth-order valence-electron chi connectivity index (χ4n) is 2.97. The van der Waals surface area contributed by atoms with E-state index in [0.717, 1.165) is 29.3 Å². The number of aromatic nitrogens is 1. The Morgan fingerprint density at radius 3 is 2.50 bits per heavy atom. The average molecular weight is 298 g/mol. The Labute approximate surface area is 131 Å². The van der Waals surface area contributed by atoms with Crippen molar-refractivity contribution >= 4 is 0 Å². The first-order valence-electron chi connectivity index (χ1n) is 7.70. The van der Waals surface area contributed by atoms with Crippen LogP contribution in [0.3, 0.4) is 0 Å². The Hall–Kier alpha value is -2.07. The number of methoxy groups -OCH3 is 2. The maximum atomic E-state index is 5.49. The summed E-state index contributed by atoms with van der Waals surface area (Å²) in [6.45, 7) is 3.39. The van der Waals surface area contributed by atoms with Gasteiger partial charge in [-0.3, -0.25) is 9.88 Å². The number of pyridine rings is 1. The zero-order valence-electron chi connectivity index (χ0n) is 13.2. The fourth-order valence-corrected chi connectivity index (χ4v) is 2.97. The van der Waals surface area contributed by atoms with E-state index < -0.39 is 0 Å². The molecular weight excluding hydrogens is 276 g/mol. The van der Waals surface area contributed by atoms with Gasteiger partial charge in [-0.1, -0.05) is 12.1 Å². The molecular formula is C18H22N2O2. The van der Waals surface area contributed by atoms with Crippen LogP contribution in [-0.2, 0) is 6.54 Å². The monoisotopic (exact) mass is 298 g/mol. The van der Waals surface area contributed by atoms with Crippen molar-refractivity contribution in [3.8, 4) is 22.8 Å². The molecule has 116 valence electrons. The maximum absolute atomic E-state index is 5.49. The Kier molecular flexibility index (Phi) is 4.59. The van der Waals surface area contributed by atoms with Gasteiger partial charge in [0.2, 0.25) is 0 Å². The molecule has 0 spiro atoms. The van der Waals surface area contributed by atoms with Crippen molar-refractivity contribution in [1.82, 2.24) is 9.88 Å². The van der Waals surface area contributed by atoms with Gasteiger partial charge in [-0.25, -0.2) is 0 Å². The molecule has 4 heteroatoms. The molecule has 1 aliphatic rings.